The Morgan fingerprint density at radius 3 is 3.07 bits per heavy atom. The minimum absolute atomic E-state index is 0.442. The highest BCUT2D eigenvalue weighted by atomic mass is 79.9. The van der Waals surface area contributed by atoms with E-state index >= 15 is 0 Å². The van der Waals surface area contributed by atoms with Crippen molar-refractivity contribution in [3.05, 3.63) is 28.5 Å². The first-order chi connectivity index (χ1) is 6.76. The summed E-state index contributed by atoms with van der Waals surface area (Å²) in [6.07, 6.45) is 1.98. The molecule has 0 saturated carbocycles. The Kier molecular flexibility index (Phi) is 2.26. The van der Waals surface area contributed by atoms with Gasteiger partial charge in [-0.25, -0.2) is 4.98 Å². The molecule has 3 nitrogen and oxygen atoms in total. The van der Waals surface area contributed by atoms with Gasteiger partial charge in [0.05, 0.1) is 0 Å². The molecule has 0 fully saturated rings. The van der Waals surface area contributed by atoms with Gasteiger partial charge in [-0.1, -0.05) is 0 Å². The van der Waals surface area contributed by atoms with E-state index in [2.05, 4.69) is 20.9 Å². The van der Waals surface area contributed by atoms with Gasteiger partial charge in [0.25, 0.3) is 0 Å². The average Bonchev–Trinajstić information content (AvgIpc) is 2.61. The third-order valence-corrected chi connectivity index (χ3v) is 2.79. The van der Waals surface area contributed by atoms with Gasteiger partial charge in [0.1, 0.15) is 17.4 Å². The van der Waals surface area contributed by atoms with E-state index in [1.165, 1.54) is 0 Å². The van der Waals surface area contributed by atoms with Crippen LogP contribution in [0.15, 0.2) is 22.8 Å². The van der Waals surface area contributed by atoms with Gasteiger partial charge in [0, 0.05) is 22.6 Å². The van der Waals surface area contributed by atoms with Gasteiger partial charge in [-0.2, -0.15) is 5.26 Å². The number of aryl methyl sites for hydroxylation is 1. The fraction of sp³-hybridized carbons (Fsp3) is 0.200. The summed E-state index contributed by atoms with van der Waals surface area (Å²) < 4.78 is 2.94. The normalized spacial score (nSPS) is 10.4. The lowest BCUT2D eigenvalue weighted by Gasteiger charge is -2.00. The second-order valence-electron chi connectivity index (χ2n) is 2.94. The number of hydrogen-bond donors (Lipinski definition) is 0. The zero-order chi connectivity index (χ0) is 10.1. The molecule has 0 N–H and O–H groups in total. The Balaban J connectivity index is 2.82. The maximum atomic E-state index is 8.78. The van der Waals surface area contributed by atoms with Crippen molar-refractivity contribution >= 4 is 27.0 Å². The third-order valence-electron chi connectivity index (χ3n) is 2.14. The standard InChI is InChI=1S/C10H8BrN3/c1-2-14-4-3-8-9(11)5-7(6-12)13-10(8)14/h3-5H,2H2,1H3. The van der Waals surface area contributed by atoms with E-state index in [9.17, 15) is 0 Å². The van der Waals surface area contributed by atoms with Crippen molar-refractivity contribution in [2.75, 3.05) is 0 Å². The Hall–Kier alpha value is -1.34. The van der Waals surface area contributed by atoms with Crippen LogP contribution in [-0.4, -0.2) is 9.55 Å². The summed E-state index contributed by atoms with van der Waals surface area (Å²) in [7, 11) is 0. The first-order valence-corrected chi connectivity index (χ1v) is 5.11. The molecule has 2 aromatic rings. The van der Waals surface area contributed by atoms with Crippen molar-refractivity contribution in [3.63, 3.8) is 0 Å². The second kappa shape index (κ2) is 3.43. The zero-order valence-electron chi connectivity index (χ0n) is 7.66. The van der Waals surface area contributed by atoms with Crippen LogP contribution in [0.2, 0.25) is 0 Å². The highest BCUT2D eigenvalue weighted by Gasteiger charge is 2.06. The van der Waals surface area contributed by atoms with Crippen LogP contribution >= 0.6 is 15.9 Å². The molecule has 0 aromatic carbocycles. The summed E-state index contributed by atoms with van der Waals surface area (Å²) in [5.74, 6) is 0. The van der Waals surface area contributed by atoms with Crippen LogP contribution in [0.5, 0.6) is 0 Å². The van der Waals surface area contributed by atoms with E-state index in [1.54, 1.807) is 6.07 Å². The molecule has 0 bridgehead atoms. The van der Waals surface area contributed by atoms with E-state index in [0.29, 0.717) is 5.69 Å². The fourth-order valence-electron chi connectivity index (χ4n) is 1.43. The number of pyridine rings is 1. The van der Waals surface area contributed by atoms with Gasteiger partial charge in [-0.05, 0) is 35.0 Å². The topological polar surface area (TPSA) is 41.6 Å². The van der Waals surface area contributed by atoms with Crippen LogP contribution in [0.3, 0.4) is 0 Å². The highest BCUT2D eigenvalue weighted by Crippen LogP contribution is 2.24. The summed E-state index contributed by atoms with van der Waals surface area (Å²) in [6, 6.07) is 5.78. The Labute approximate surface area is 90.1 Å². The lowest BCUT2D eigenvalue weighted by Crippen LogP contribution is -1.94. The number of nitriles is 1. The molecule has 0 aliphatic heterocycles. The monoisotopic (exact) mass is 249 g/mol. The summed E-state index contributed by atoms with van der Waals surface area (Å²) in [4.78, 5) is 4.26. The quantitative estimate of drug-likeness (QED) is 0.780. The molecule has 0 saturated heterocycles. The van der Waals surface area contributed by atoms with Crippen molar-refractivity contribution in [1.29, 1.82) is 5.26 Å². The molecule has 0 spiro atoms. The number of fused-ring (bicyclic) bond motifs is 1. The molecule has 0 aliphatic carbocycles. The van der Waals surface area contributed by atoms with Crippen LogP contribution in [-0.2, 0) is 6.54 Å². The molecule has 4 heteroatoms. The minimum Gasteiger partial charge on any atom is -0.333 e. The molecule has 14 heavy (non-hydrogen) atoms. The van der Waals surface area contributed by atoms with Crippen LogP contribution in [0.1, 0.15) is 12.6 Å². The Morgan fingerprint density at radius 2 is 2.43 bits per heavy atom. The molecule has 0 amide bonds. The van der Waals surface area contributed by atoms with Gasteiger partial charge < -0.3 is 4.57 Å². The van der Waals surface area contributed by atoms with E-state index in [4.69, 9.17) is 5.26 Å². The largest absolute Gasteiger partial charge is 0.333 e. The summed E-state index contributed by atoms with van der Waals surface area (Å²) >= 11 is 3.43. The SMILES string of the molecule is CCn1ccc2c(Br)cc(C#N)nc21. The predicted molar refractivity (Wildman–Crippen MR) is 57.8 cm³/mol. The molecule has 70 valence electrons. The molecule has 2 rings (SSSR count). The van der Waals surface area contributed by atoms with E-state index in [0.717, 1.165) is 22.1 Å². The first-order valence-electron chi connectivity index (χ1n) is 4.31. The van der Waals surface area contributed by atoms with Crippen molar-refractivity contribution < 1.29 is 0 Å². The smallest absolute Gasteiger partial charge is 0.144 e. The van der Waals surface area contributed by atoms with Gasteiger partial charge in [0.15, 0.2) is 0 Å². The molecule has 0 atom stereocenters. The number of aromatic nitrogens is 2. The summed E-state index contributed by atoms with van der Waals surface area (Å²) in [5.41, 5.74) is 1.30. The Bertz CT molecular complexity index is 522. The van der Waals surface area contributed by atoms with Gasteiger partial charge >= 0.3 is 0 Å². The summed E-state index contributed by atoms with van der Waals surface area (Å²) in [6.45, 7) is 2.91. The van der Waals surface area contributed by atoms with Gasteiger partial charge in [0.2, 0.25) is 0 Å². The summed E-state index contributed by atoms with van der Waals surface area (Å²) in [5, 5.41) is 9.83. The second-order valence-corrected chi connectivity index (χ2v) is 3.79. The first kappa shape index (κ1) is 9.22. The number of rotatable bonds is 1. The van der Waals surface area contributed by atoms with Gasteiger partial charge in [-0.3, -0.25) is 0 Å². The molecular formula is C10H8BrN3. The lowest BCUT2D eigenvalue weighted by atomic mass is 10.3. The van der Waals surface area contributed by atoms with Crippen LogP contribution in [0, 0.1) is 11.3 Å². The van der Waals surface area contributed by atoms with Crippen LogP contribution in [0.25, 0.3) is 11.0 Å². The minimum atomic E-state index is 0.442. The van der Waals surface area contributed by atoms with Crippen molar-refractivity contribution in [1.82, 2.24) is 9.55 Å². The van der Waals surface area contributed by atoms with Crippen LogP contribution < -0.4 is 0 Å². The van der Waals surface area contributed by atoms with E-state index in [1.807, 2.05) is 29.8 Å². The molecule has 0 unspecified atom stereocenters. The van der Waals surface area contributed by atoms with Gasteiger partial charge in [-0.15, -0.1) is 0 Å². The van der Waals surface area contributed by atoms with Crippen molar-refractivity contribution in [2.45, 2.75) is 13.5 Å². The predicted octanol–water partition coefficient (Wildman–Crippen LogP) is 2.69. The van der Waals surface area contributed by atoms with Crippen molar-refractivity contribution in [3.8, 4) is 6.07 Å². The Morgan fingerprint density at radius 1 is 1.64 bits per heavy atom. The van der Waals surface area contributed by atoms with E-state index < -0.39 is 0 Å². The maximum Gasteiger partial charge on any atom is 0.144 e. The fourth-order valence-corrected chi connectivity index (χ4v) is 1.96. The molecule has 0 radical (unpaired) electrons. The average molecular weight is 250 g/mol. The third kappa shape index (κ3) is 1.30. The maximum absolute atomic E-state index is 8.78. The number of halogens is 1. The number of nitrogens with zero attached hydrogens (tertiary/aromatic N) is 3. The molecule has 2 aromatic heterocycles. The zero-order valence-corrected chi connectivity index (χ0v) is 9.24. The molecule has 2 heterocycles. The molecule has 0 aliphatic rings. The lowest BCUT2D eigenvalue weighted by molar-refractivity contribution is 0.787. The van der Waals surface area contributed by atoms with E-state index in [-0.39, 0.29) is 0 Å². The van der Waals surface area contributed by atoms with Crippen molar-refractivity contribution in [2.24, 2.45) is 0 Å². The molecular weight excluding hydrogens is 242 g/mol. The van der Waals surface area contributed by atoms with Crippen LogP contribution in [0.4, 0.5) is 0 Å². The highest BCUT2D eigenvalue weighted by molar-refractivity contribution is 9.10. The number of hydrogen-bond acceptors (Lipinski definition) is 2.